The highest BCUT2D eigenvalue weighted by Crippen LogP contribution is 2.68. The molecule has 0 aromatic carbocycles. The van der Waals surface area contributed by atoms with Crippen molar-refractivity contribution in [3.63, 3.8) is 0 Å². The minimum Gasteiger partial charge on any atom is -0.450 e. The van der Waals surface area contributed by atoms with Crippen LogP contribution in [0.1, 0.15) is 80.1 Å². The van der Waals surface area contributed by atoms with E-state index in [-0.39, 0.29) is 28.4 Å². The lowest BCUT2D eigenvalue weighted by atomic mass is 9.45. The Balaban J connectivity index is 1.79. The average Bonchev–Trinajstić information content (AvgIpc) is 2.97. The standard InChI is InChI=1S/C26H36O4/c1-7-23(29)30-26(17(4)27)11-9-20-19-12-15(2)22-14-18(28)13-16(3)25(22,6)21(19)8-10-24(20,26)5/h12,14,16,19-21H,7-11,13H2,1-6H3/t16-,19?,20?,21?,24-,25+,26-/m0/s1. The van der Waals surface area contributed by atoms with Crippen LogP contribution >= 0.6 is 0 Å². The van der Waals surface area contributed by atoms with E-state index < -0.39 is 5.60 Å². The highest BCUT2D eigenvalue weighted by atomic mass is 16.6. The number of allylic oxidation sites excluding steroid dienone is 4. The van der Waals surface area contributed by atoms with Gasteiger partial charge in [-0.3, -0.25) is 14.4 Å². The van der Waals surface area contributed by atoms with Crippen molar-refractivity contribution >= 4 is 17.5 Å². The number of carbonyl (C=O) groups is 3. The van der Waals surface area contributed by atoms with Crippen LogP contribution in [0, 0.1) is 34.5 Å². The van der Waals surface area contributed by atoms with Crippen molar-refractivity contribution in [1.82, 2.24) is 0 Å². The quantitative estimate of drug-likeness (QED) is 0.597. The normalized spacial score (nSPS) is 44.9. The zero-order valence-corrected chi connectivity index (χ0v) is 19.3. The molecular formula is C26H36O4. The Bertz CT molecular complexity index is 866. The first-order valence-corrected chi connectivity index (χ1v) is 11.7. The topological polar surface area (TPSA) is 60.4 Å². The molecule has 0 radical (unpaired) electrons. The summed E-state index contributed by atoms with van der Waals surface area (Å²) < 4.78 is 5.99. The van der Waals surface area contributed by atoms with Crippen LogP contribution in [0.3, 0.4) is 0 Å². The average molecular weight is 413 g/mol. The number of ketones is 2. The van der Waals surface area contributed by atoms with Crippen molar-refractivity contribution in [3.8, 4) is 0 Å². The number of hydrogen-bond acceptors (Lipinski definition) is 4. The second-order valence-corrected chi connectivity index (χ2v) is 10.8. The van der Waals surface area contributed by atoms with Gasteiger partial charge in [-0.05, 0) is 80.3 Å². The van der Waals surface area contributed by atoms with E-state index in [2.05, 4.69) is 33.8 Å². The molecule has 3 unspecified atom stereocenters. The molecule has 7 atom stereocenters. The summed E-state index contributed by atoms with van der Waals surface area (Å²) >= 11 is 0. The van der Waals surface area contributed by atoms with Crippen molar-refractivity contribution in [1.29, 1.82) is 0 Å². The smallest absolute Gasteiger partial charge is 0.306 e. The van der Waals surface area contributed by atoms with Crippen LogP contribution in [-0.4, -0.2) is 23.1 Å². The number of carbonyl (C=O) groups excluding carboxylic acids is 3. The molecule has 2 fully saturated rings. The lowest BCUT2D eigenvalue weighted by Crippen LogP contribution is -2.59. The molecule has 0 aliphatic heterocycles. The molecule has 0 amide bonds. The first-order chi connectivity index (χ1) is 14.0. The van der Waals surface area contributed by atoms with Crippen LogP contribution in [0.4, 0.5) is 0 Å². The summed E-state index contributed by atoms with van der Waals surface area (Å²) in [6.07, 6.45) is 8.58. The number of rotatable bonds is 3. The second-order valence-electron chi connectivity index (χ2n) is 10.8. The van der Waals surface area contributed by atoms with Crippen LogP contribution in [0.2, 0.25) is 0 Å². The molecule has 4 aliphatic rings. The SMILES string of the molecule is CCC(=O)O[C@]1(C(C)=O)CCC2C3C=C(C)C4=CC(=O)C[C@H](C)[C@]4(C)C3CC[C@@]21C. The molecule has 0 N–H and O–H groups in total. The van der Waals surface area contributed by atoms with Gasteiger partial charge in [0.15, 0.2) is 17.2 Å². The summed E-state index contributed by atoms with van der Waals surface area (Å²) in [5, 5.41) is 0. The number of fused-ring (bicyclic) bond motifs is 5. The largest absolute Gasteiger partial charge is 0.450 e. The minimum absolute atomic E-state index is 0.00677. The molecule has 164 valence electrons. The van der Waals surface area contributed by atoms with E-state index in [0.717, 1.165) is 19.3 Å². The van der Waals surface area contributed by atoms with E-state index in [0.29, 0.717) is 42.9 Å². The molecule has 0 aromatic heterocycles. The number of Topliss-reactive ketones (excluding diaryl/α,β-unsaturated/α-hetero) is 1. The van der Waals surface area contributed by atoms with Crippen molar-refractivity contribution in [2.75, 3.05) is 0 Å². The third-order valence-corrected chi connectivity index (χ3v) is 9.65. The van der Waals surface area contributed by atoms with Crippen molar-refractivity contribution in [2.24, 2.45) is 34.5 Å². The number of esters is 1. The summed E-state index contributed by atoms with van der Waals surface area (Å²) in [5.74, 6) is 1.38. The summed E-state index contributed by atoms with van der Waals surface area (Å²) in [6, 6.07) is 0. The fourth-order valence-corrected chi connectivity index (χ4v) is 7.85. The van der Waals surface area contributed by atoms with E-state index >= 15 is 0 Å². The molecule has 4 nitrogen and oxygen atoms in total. The molecule has 0 bridgehead atoms. The van der Waals surface area contributed by atoms with E-state index in [1.54, 1.807) is 13.8 Å². The molecule has 4 aliphatic carbocycles. The van der Waals surface area contributed by atoms with Gasteiger partial charge in [0.2, 0.25) is 0 Å². The Morgan fingerprint density at radius 2 is 1.83 bits per heavy atom. The maximum Gasteiger partial charge on any atom is 0.306 e. The van der Waals surface area contributed by atoms with Crippen LogP contribution in [-0.2, 0) is 19.1 Å². The molecule has 30 heavy (non-hydrogen) atoms. The molecule has 2 saturated carbocycles. The molecule has 4 heteroatoms. The highest BCUT2D eigenvalue weighted by Gasteiger charge is 2.68. The fraction of sp³-hybridized carbons (Fsp3) is 0.731. The van der Waals surface area contributed by atoms with Gasteiger partial charge in [0.05, 0.1) is 0 Å². The molecule has 0 saturated heterocycles. The van der Waals surface area contributed by atoms with Gasteiger partial charge in [0, 0.05) is 18.3 Å². The van der Waals surface area contributed by atoms with Gasteiger partial charge in [-0.1, -0.05) is 39.3 Å². The summed E-state index contributed by atoms with van der Waals surface area (Å²) in [7, 11) is 0. The summed E-state index contributed by atoms with van der Waals surface area (Å²) in [6.45, 7) is 12.3. The number of ether oxygens (including phenoxy) is 1. The monoisotopic (exact) mass is 412 g/mol. The second kappa shape index (κ2) is 6.90. The minimum atomic E-state index is -0.997. The predicted molar refractivity (Wildman–Crippen MR) is 116 cm³/mol. The molecule has 0 spiro atoms. The van der Waals surface area contributed by atoms with E-state index in [4.69, 9.17) is 4.74 Å². The molecular weight excluding hydrogens is 376 g/mol. The Kier molecular flexibility index (Phi) is 4.95. The van der Waals surface area contributed by atoms with Crippen LogP contribution in [0.5, 0.6) is 0 Å². The van der Waals surface area contributed by atoms with Gasteiger partial charge in [-0.2, -0.15) is 0 Å². The lowest BCUT2D eigenvalue weighted by Gasteiger charge is -2.59. The van der Waals surface area contributed by atoms with E-state index in [1.807, 2.05) is 6.08 Å². The van der Waals surface area contributed by atoms with Crippen molar-refractivity contribution in [2.45, 2.75) is 85.7 Å². The predicted octanol–water partition coefficient (Wildman–Crippen LogP) is 5.21. The van der Waals surface area contributed by atoms with Crippen molar-refractivity contribution < 1.29 is 19.1 Å². The molecule has 0 heterocycles. The fourth-order valence-electron chi connectivity index (χ4n) is 7.85. The Labute approximate surface area is 180 Å². The zero-order valence-electron chi connectivity index (χ0n) is 19.3. The highest BCUT2D eigenvalue weighted by molar-refractivity contribution is 5.93. The Morgan fingerprint density at radius 1 is 1.17 bits per heavy atom. The zero-order chi connectivity index (χ0) is 22.1. The Morgan fingerprint density at radius 3 is 2.47 bits per heavy atom. The van der Waals surface area contributed by atoms with E-state index in [9.17, 15) is 14.4 Å². The lowest BCUT2D eigenvalue weighted by molar-refractivity contribution is -0.187. The van der Waals surface area contributed by atoms with Gasteiger partial charge in [0.25, 0.3) is 0 Å². The van der Waals surface area contributed by atoms with Gasteiger partial charge >= 0.3 is 5.97 Å². The summed E-state index contributed by atoms with van der Waals surface area (Å²) in [4.78, 5) is 37.6. The van der Waals surface area contributed by atoms with Crippen LogP contribution in [0.25, 0.3) is 0 Å². The molecule has 4 rings (SSSR count). The van der Waals surface area contributed by atoms with Crippen molar-refractivity contribution in [3.05, 3.63) is 23.3 Å². The Hall–Kier alpha value is -1.71. The van der Waals surface area contributed by atoms with Crippen LogP contribution in [0.15, 0.2) is 23.3 Å². The van der Waals surface area contributed by atoms with E-state index in [1.165, 1.54) is 11.1 Å². The summed E-state index contributed by atoms with van der Waals surface area (Å²) in [5.41, 5.74) is 1.09. The first-order valence-electron chi connectivity index (χ1n) is 11.7. The third kappa shape index (κ3) is 2.61. The number of hydrogen-bond donors (Lipinski definition) is 0. The van der Waals surface area contributed by atoms with Gasteiger partial charge in [-0.25, -0.2) is 0 Å². The van der Waals surface area contributed by atoms with Gasteiger partial charge < -0.3 is 4.74 Å². The third-order valence-electron chi connectivity index (χ3n) is 9.65. The van der Waals surface area contributed by atoms with Gasteiger partial charge in [-0.15, -0.1) is 0 Å². The van der Waals surface area contributed by atoms with Crippen LogP contribution < -0.4 is 0 Å². The van der Waals surface area contributed by atoms with Gasteiger partial charge in [0.1, 0.15) is 0 Å². The molecule has 0 aromatic rings. The maximum atomic E-state index is 12.9. The first kappa shape index (κ1) is 21.5. The maximum absolute atomic E-state index is 12.9.